The molecule has 1 heterocycles. The molecule has 1 saturated heterocycles. The lowest BCUT2D eigenvalue weighted by atomic mass is 10.1. The van der Waals surface area contributed by atoms with E-state index in [4.69, 9.17) is 16.3 Å². The summed E-state index contributed by atoms with van der Waals surface area (Å²) in [6, 6.07) is 3.64. The molecule has 0 aliphatic carbocycles. The molecule has 1 aliphatic heterocycles. The first kappa shape index (κ1) is 13.5. The SMILES string of the molecule is FC(F)(F)c1cc(OC2CCCNC2)ccc1Cl. The van der Waals surface area contributed by atoms with Crippen LogP contribution in [0.1, 0.15) is 18.4 Å². The van der Waals surface area contributed by atoms with E-state index in [1.54, 1.807) is 0 Å². The van der Waals surface area contributed by atoms with Crippen LogP contribution in [0.25, 0.3) is 0 Å². The first-order valence-electron chi connectivity index (χ1n) is 5.71. The molecule has 0 radical (unpaired) electrons. The van der Waals surface area contributed by atoms with Crippen LogP contribution in [-0.4, -0.2) is 19.2 Å². The predicted octanol–water partition coefficient (Wildman–Crippen LogP) is 3.49. The average Bonchev–Trinajstić information content (AvgIpc) is 2.31. The minimum absolute atomic E-state index is 0.0824. The Hall–Kier alpha value is -0.940. The summed E-state index contributed by atoms with van der Waals surface area (Å²) >= 11 is 5.54. The van der Waals surface area contributed by atoms with Crippen molar-refractivity contribution >= 4 is 11.6 Å². The van der Waals surface area contributed by atoms with Crippen LogP contribution in [-0.2, 0) is 6.18 Å². The summed E-state index contributed by atoms with van der Waals surface area (Å²) in [5, 5.41) is 2.83. The van der Waals surface area contributed by atoms with Crippen LogP contribution >= 0.6 is 11.6 Å². The minimum Gasteiger partial charge on any atom is -0.489 e. The number of alkyl halides is 3. The maximum Gasteiger partial charge on any atom is 0.417 e. The zero-order chi connectivity index (χ0) is 13.2. The lowest BCUT2D eigenvalue weighted by Gasteiger charge is -2.24. The summed E-state index contributed by atoms with van der Waals surface area (Å²) in [6.07, 6.45) is -2.73. The topological polar surface area (TPSA) is 21.3 Å². The number of benzene rings is 1. The van der Waals surface area contributed by atoms with Crippen molar-refractivity contribution in [3.05, 3.63) is 28.8 Å². The summed E-state index contributed by atoms with van der Waals surface area (Å²) in [6.45, 7) is 1.58. The number of hydrogen-bond donors (Lipinski definition) is 1. The third-order valence-electron chi connectivity index (χ3n) is 2.80. The Balaban J connectivity index is 2.14. The number of halogens is 4. The molecule has 100 valence electrons. The van der Waals surface area contributed by atoms with E-state index in [9.17, 15) is 13.2 Å². The highest BCUT2D eigenvalue weighted by Crippen LogP contribution is 2.37. The van der Waals surface area contributed by atoms with Gasteiger partial charge in [0.1, 0.15) is 11.9 Å². The van der Waals surface area contributed by atoms with E-state index < -0.39 is 11.7 Å². The molecule has 6 heteroatoms. The summed E-state index contributed by atoms with van der Waals surface area (Å²) in [5.74, 6) is 0.209. The Morgan fingerprint density at radius 3 is 2.72 bits per heavy atom. The molecule has 1 aliphatic rings. The van der Waals surface area contributed by atoms with Crippen molar-refractivity contribution < 1.29 is 17.9 Å². The normalized spacial score (nSPS) is 20.8. The number of nitrogens with one attached hydrogen (secondary N) is 1. The van der Waals surface area contributed by atoms with Gasteiger partial charge in [0.25, 0.3) is 0 Å². The number of rotatable bonds is 2. The first-order chi connectivity index (χ1) is 8.47. The minimum atomic E-state index is -4.46. The van der Waals surface area contributed by atoms with Gasteiger partial charge in [0.2, 0.25) is 0 Å². The predicted molar refractivity (Wildman–Crippen MR) is 63.0 cm³/mol. The second-order valence-corrected chi connectivity index (χ2v) is 4.63. The molecule has 0 saturated carbocycles. The van der Waals surface area contributed by atoms with Crippen molar-refractivity contribution in [2.75, 3.05) is 13.1 Å². The smallest absolute Gasteiger partial charge is 0.417 e. The van der Waals surface area contributed by atoms with E-state index in [-0.39, 0.29) is 16.9 Å². The molecule has 1 aromatic rings. The Bertz CT molecular complexity index is 416. The zero-order valence-corrected chi connectivity index (χ0v) is 10.3. The highest BCUT2D eigenvalue weighted by Gasteiger charge is 2.33. The van der Waals surface area contributed by atoms with Crippen LogP contribution in [0.4, 0.5) is 13.2 Å². The monoisotopic (exact) mass is 279 g/mol. The molecule has 1 N–H and O–H groups in total. The fraction of sp³-hybridized carbons (Fsp3) is 0.500. The highest BCUT2D eigenvalue weighted by molar-refractivity contribution is 6.31. The van der Waals surface area contributed by atoms with Crippen LogP contribution in [0.5, 0.6) is 5.75 Å². The van der Waals surface area contributed by atoms with Crippen molar-refractivity contribution in [2.45, 2.75) is 25.1 Å². The molecule has 1 atom stereocenters. The average molecular weight is 280 g/mol. The molecule has 1 aromatic carbocycles. The second kappa shape index (κ2) is 5.36. The Labute approximate surface area is 108 Å². The van der Waals surface area contributed by atoms with Gasteiger partial charge in [0.05, 0.1) is 10.6 Å². The summed E-state index contributed by atoms with van der Waals surface area (Å²) < 4.78 is 43.5. The van der Waals surface area contributed by atoms with Crippen LogP contribution in [0.3, 0.4) is 0 Å². The maximum atomic E-state index is 12.7. The Morgan fingerprint density at radius 2 is 2.11 bits per heavy atom. The lowest BCUT2D eigenvalue weighted by molar-refractivity contribution is -0.137. The van der Waals surface area contributed by atoms with Gasteiger partial charge in [0, 0.05) is 6.54 Å². The van der Waals surface area contributed by atoms with Crippen LogP contribution < -0.4 is 10.1 Å². The van der Waals surface area contributed by atoms with Crippen molar-refractivity contribution in [3.63, 3.8) is 0 Å². The van der Waals surface area contributed by atoms with Gasteiger partial charge in [-0.3, -0.25) is 0 Å². The van der Waals surface area contributed by atoms with E-state index in [1.807, 2.05) is 0 Å². The van der Waals surface area contributed by atoms with Gasteiger partial charge in [-0.15, -0.1) is 0 Å². The third kappa shape index (κ3) is 3.29. The van der Waals surface area contributed by atoms with Gasteiger partial charge >= 0.3 is 6.18 Å². The molecule has 0 aromatic heterocycles. The molecule has 18 heavy (non-hydrogen) atoms. The van der Waals surface area contributed by atoms with Gasteiger partial charge in [-0.1, -0.05) is 11.6 Å². The standard InChI is InChI=1S/C12H13ClF3NO/c13-11-4-3-8(6-10(11)12(14,15)16)18-9-2-1-5-17-7-9/h3-4,6,9,17H,1-2,5,7H2. The Morgan fingerprint density at radius 1 is 1.33 bits per heavy atom. The van der Waals surface area contributed by atoms with E-state index in [0.717, 1.165) is 25.5 Å². The van der Waals surface area contributed by atoms with Crippen LogP contribution in [0.2, 0.25) is 5.02 Å². The van der Waals surface area contributed by atoms with Gasteiger partial charge in [-0.05, 0) is 37.6 Å². The van der Waals surface area contributed by atoms with Crippen LogP contribution in [0, 0.1) is 0 Å². The molecule has 1 unspecified atom stereocenters. The van der Waals surface area contributed by atoms with Crippen molar-refractivity contribution in [2.24, 2.45) is 0 Å². The van der Waals surface area contributed by atoms with E-state index in [2.05, 4.69) is 5.32 Å². The Kier molecular flexibility index (Phi) is 4.02. The van der Waals surface area contributed by atoms with Gasteiger partial charge in [-0.2, -0.15) is 13.2 Å². The van der Waals surface area contributed by atoms with Crippen molar-refractivity contribution in [1.82, 2.24) is 5.32 Å². The number of piperidine rings is 1. The van der Waals surface area contributed by atoms with E-state index in [0.29, 0.717) is 6.54 Å². The van der Waals surface area contributed by atoms with Gasteiger partial charge < -0.3 is 10.1 Å². The molecule has 0 bridgehead atoms. The fourth-order valence-electron chi connectivity index (χ4n) is 1.91. The third-order valence-corrected chi connectivity index (χ3v) is 3.13. The van der Waals surface area contributed by atoms with Gasteiger partial charge in [-0.25, -0.2) is 0 Å². The molecule has 2 nitrogen and oxygen atoms in total. The highest BCUT2D eigenvalue weighted by atomic mass is 35.5. The van der Waals surface area contributed by atoms with E-state index >= 15 is 0 Å². The maximum absolute atomic E-state index is 12.7. The number of hydrogen-bond acceptors (Lipinski definition) is 2. The molecule has 2 rings (SSSR count). The van der Waals surface area contributed by atoms with Crippen molar-refractivity contribution in [1.29, 1.82) is 0 Å². The van der Waals surface area contributed by atoms with Gasteiger partial charge in [0.15, 0.2) is 0 Å². The lowest BCUT2D eigenvalue weighted by Crippen LogP contribution is -2.37. The quantitative estimate of drug-likeness (QED) is 0.895. The fourth-order valence-corrected chi connectivity index (χ4v) is 2.13. The molecule has 1 fully saturated rings. The largest absolute Gasteiger partial charge is 0.489 e. The molecular formula is C12H13ClF3NO. The number of ether oxygens (including phenoxy) is 1. The second-order valence-electron chi connectivity index (χ2n) is 4.23. The first-order valence-corrected chi connectivity index (χ1v) is 6.09. The molecule has 0 amide bonds. The summed E-state index contributed by atoms with van der Waals surface area (Å²) in [4.78, 5) is 0. The summed E-state index contributed by atoms with van der Waals surface area (Å²) in [5.41, 5.74) is -0.856. The van der Waals surface area contributed by atoms with Crippen LogP contribution in [0.15, 0.2) is 18.2 Å². The molecular weight excluding hydrogens is 267 g/mol. The zero-order valence-electron chi connectivity index (χ0n) is 9.56. The van der Waals surface area contributed by atoms with E-state index in [1.165, 1.54) is 12.1 Å². The summed E-state index contributed by atoms with van der Waals surface area (Å²) in [7, 11) is 0. The van der Waals surface area contributed by atoms with Crippen molar-refractivity contribution in [3.8, 4) is 5.75 Å². The molecule has 0 spiro atoms.